The van der Waals surface area contributed by atoms with E-state index in [1.54, 1.807) is 49.4 Å². The van der Waals surface area contributed by atoms with Crippen molar-refractivity contribution in [2.24, 2.45) is 4.99 Å². The van der Waals surface area contributed by atoms with Gasteiger partial charge in [0.25, 0.3) is 5.91 Å². The molecule has 1 aromatic carbocycles. The average molecular weight is 393 g/mol. The van der Waals surface area contributed by atoms with E-state index in [-0.39, 0.29) is 12.3 Å². The number of hydrogen-bond donors (Lipinski definition) is 0. The van der Waals surface area contributed by atoms with Crippen molar-refractivity contribution in [1.82, 2.24) is 4.90 Å². The molecule has 2 heterocycles. The van der Waals surface area contributed by atoms with Crippen molar-refractivity contribution in [3.63, 3.8) is 0 Å². The fraction of sp³-hybridized carbons (Fsp3) is 0.238. The Labute approximate surface area is 167 Å². The van der Waals surface area contributed by atoms with Crippen LogP contribution >= 0.6 is 0 Å². The predicted molar refractivity (Wildman–Crippen MR) is 105 cm³/mol. The third-order valence-corrected chi connectivity index (χ3v) is 4.68. The smallest absolute Gasteiger partial charge is 0.337 e. The number of carbonyl (C=O) groups is 3. The highest BCUT2D eigenvalue weighted by Crippen LogP contribution is 2.34. The molecule has 1 aliphatic carbocycles. The number of nitrogens with zero attached hydrogens (tertiary/aromatic N) is 3. The number of anilines is 1. The molecule has 1 atom stereocenters. The van der Waals surface area contributed by atoms with Gasteiger partial charge >= 0.3 is 12.0 Å². The first-order chi connectivity index (χ1) is 14.0. The van der Waals surface area contributed by atoms with Crippen LogP contribution in [0.5, 0.6) is 5.75 Å². The first-order valence-electron chi connectivity index (χ1n) is 9.30. The van der Waals surface area contributed by atoms with Crippen LogP contribution in [0.3, 0.4) is 0 Å². The zero-order chi connectivity index (χ0) is 20.5. The standard InChI is InChI=1S/C21H19N3O5/c1-3-28-15-8-6-14(7-9-15)23-19(25)18-12-22-16-10-5-13(20(26)29-4-2)11-17(16)24(18)21(23)27/h5-12,17H,3-4H2,1-2H3. The third kappa shape index (κ3) is 3.12. The molecule has 2 aliphatic heterocycles. The molecule has 1 fully saturated rings. The summed E-state index contributed by atoms with van der Waals surface area (Å²) in [6.45, 7) is 4.36. The number of ether oxygens (including phenoxy) is 2. The van der Waals surface area contributed by atoms with Crippen LogP contribution in [0, 0.1) is 0 Å². The number of aliphatic imine (C=N–C) groups is 1. The number of hydrogen-bond acceptors (Lipinski definition) is 6. The Morgan fingerprint density at radius 3 is 2.55 bits per heavy atom. The van der Waals surface area contributed by atoms with Gasteiger partial charge in [-0.2, -0.15) is 0 Å². The Morgan fingerprint density at radius 1 is 1.10 bits per heavy atom. The third-order valence-electron chi connectivity index (χ3n) is 4.68. The quantitative estimate of drug-likeness (QED) is 0.567. The molecule has 0 saturated carbocycles. The molecule has 148 valence electrons. The molecule has 4 rings (SSSR count). The molecule has 0 N–H and O–H groups in total. The summed E-state index contributed by atoms with van der Waals surface area (Å²) in [4.78, 5) is 44.9. The highest BCUT2D eigenvalue weighted by atomic mass is 16.5. The largest absolute Gasteiger partial charge is 0.494 e. The lowest BCUT2D eigenvalue weighted by molar-refractivity contribution is -0.138. The van der Waals surface area contributed by atoms with Crippen molar-refractivity contribution in [3.05, 3.63) is 60.0 Å². The van der Waals surface area contributed by atoms with Crippen molar-refractivity contribution in [2.75, 3.05) is 18.1 Å². The Morgan fingerprint density at radius 2 is 1.86 bits per heavy atom. The molecule has 0 spiro atoms. The summed E-state index contributed by atoms with van der Waals surface area (Å²) in [6.07, 6.45) is 6.23. The molecule has 1 aromatic rings. The molecular formula is C21H19N3O5. The van der Waals surface area contributed by atoms with Gasteiger partial charge in [-0.15, -0.1) is 0 Å². The van der Waals surface area contributed by atoms with Crippen molar-refractivity contribution < 1.29 is 23.9 Å². The number of imide groups is 1. The maximum absolute atomic E-state index is 13.2. The number of urea groups is 1. The summed E-state index contributed by atoms with van der Waals surface area (Å²) in [7, 11) is 0. The van der Waals surface area contributed by atoms with Crippen molar-refractivity contribution in [1.29, 1.82) is 0 Å². The van der Waals surface area contributed by atoms with Gasteiger partial charge in [0.15, 0.2) is 0 Å². The number of fused-ring (bicyclic) bond motifs is 3. The Kier molecular flexibility index (Phi) is 4.75. The summed E-state index contributed by atoms with van der Waals surface area (Å²) >= 11 is 0. The zero-order valence-electron chi connectivity index (χ0n) is 16.0. The first-order valence-corrected chi connectivity index (χ1v) is 9.30. The Hall–Kier alpha value is -3.68. The van der Waals surface area contributed by atoms with E-state index in [2.05, 4.69) is 4.99 Å². The van der Waals surface area contributed by atoms with Crippen LogP contribution in [0.1, 0.15) is 13.8 Å². The Balaban J connectivity index is 1.66. The average Bonchev–Trinajstić information content (AvgIpc) is 2.99. The second-order valence-corrected chi connectivity index (χ2v) is 6.41. The van der Waals surface area contributed by atoms with Gasteiger partial charge in [-0.05, 0) is 56.3 Å². The van der Waals surface area contributed by atoms with E-state index in [0.29, 0.717) is 29.3 Å². The Bertz CT molecular complexity index is 1000. The maximum Gasteiger partial charge on any atom is 0.337 e. The van der Waals surface area contributed by atoms with E-state index in [1.165, 1.54) is 11.1 Å². The summed E-state index contributed by atoms with van der Waals surface area (Å²) in [5.41, 5.74) is 1.47. The SMILES string of the molecule is CCOC(=O)C1=CC2C(=NC=C3C(=O)N(c4ccc(OCC)cc4)C(=O)N32)C=C1. The fourth-order valence-electron chi connectivity index (χ4n) is 3.38. The molecule has 3 aliphatic rings. The number of esters is 1. The molecule has 3 amide bonds. The van der Waals surface area contributed by atoms with Crippen molar-refractivity contribution in [2.45, 2.75) is 19.9 Å². The van der Waals surface area contributed by atoms with Crippen LogP contribution in [0.15, 0.2) is 65.0 Å². The zero-order valence-corrected chi connectivity index (χ0v) is 16.0. The molecular weight excluding hydrogens is 374 g/mol. The van der Waals surface area contributed by atoms with Gasteiger partial charge in [0.05, 0.1) is 36.4 Å². The number of rotatable bonds is 5. The summed E-state index contributed by atoms with van der Waals surface area (Å²) in [5, 5.41) is 0. The van der Waals surface area contributed by atoms with Gasteiger partial charge in [0, 0.05) is 0 Å². The first kappa shape index (κ1) is 18.7. The van der Waals surface area contributed by atoms with Gasteiger partial charge in [0.2, 0.25) is 0 Å². The van der Waals surface area contributed by atoms with Gasteiger partial charge in [0.1, 0.15) is 17.5 Å². The number of benzene rings is 1. The normalized spacial score (nSPS) is 19.9. The lowest BCUT2D eigenvalue weighted by Gasteiger charge is -2.29. The minimum absolute atomic E-state index is 0.160. The van der Waals surface area contributed by atoms with Crippen LogP contribution in [0.25, 0.3) is 0 Å². The second kappa shape index (κ2) is 7.38. The van der Waals surface area contributed by atoms with E-state index in [1.807, 2.05) is 6.92 Å². The molecule has 29 heavy (non-hydrogen) atoms. The van der Waals surface area contributed by atoms with Gasteiger partial charge in [-0.3, -0.25) is 14.7 Å². The van der Waals surface area contributed by atoms with Crippen molar-refractivity contribution in [3.8, 4) is 5.75 Å². The molecule has 1 saturated heterocycles. The van der Waals surface area contributed by atoms with E-state index in [0.717, 1.165) is 4.90 Å². The molecule has 0 radical (unpaired) electrons. The van der Waals surface area contributed by atoms with Crippen LogP contribution in [0.4, 0.5) is 10.5 Å². The van der Waals surface area contributed by atoms with E-state index in [9.17, 15) is 14.4 Å². The lowest BCUT2D eigenvalue weighted by atomic mass is 9.98. The van der Waals surface area contributed by atoms with Crippen LogP contribution in [0.2, 0.25) is 0 Å². The molecule has 8 nitrogen and oxygen atoms in total. The minimum Gasteiger partial charge on any atom is -0.494 e. The summed E-state index contributed by atoms with van der Waals surface area (Å²) in [5.74, 6) is -0.305. The highest BCUT2D eigenvalue weighted by molar-refractivity contribution is 6.28. The fourth-order valence-corrected chi connectivity index (χ4v) is 3.38. The van der Waals surface area contributed by atoms with Crippen LogP contribution < -0.4 is 9.64 Å². The van der Waals surface area contributed by atoms with E-state index >= 15 is 0 Å². The van der Waals surface area contributed by atoms with Crippen LogP contribution in [-0.4, -0.2) is 47.8 Å². The minimum atomic E-state index is -0.649. The molecule has 1 unspecified atom stereocenters. The summed E-state index contributed by atoms with van der Waals surface area (Å²) in [6, 6.07) is 5.57. The number of amides is 3. The highest BCUT2D eigenvalue weighted by Gasteiger charge is 2.47. The molecule has 8 heteroatoms. The lowest BCUT2D eigenvalue weighted by Crippen LogP contribution is -2.44. The number of carbonyl (C=O) groups excluding carboxylic acids is 3. The maximum atomic E-state index is 13.2. The molecule has 0 aromatic heterocycles. The van der Waals surface area contributed by atoms with Crippen molar-refractivity contribution >= 4 is 29.3 Å². The monoisotopic (exact) mass is 393 g/mol. The topological polar surface area (TPSA) is 88.5 Å². The van der Waals surface area contributed by atoms with Gasteiger partial charge in [-0.1, -0.05) is 0 Å². The van der Waals surface area contributed by atoms with Crippen LogP contribution in [-0.2, 0) is 14.3 Å². The molecule has 0 bridgehead atoms. The van der Waals surface area contributed by atoms with E-state index < -0.39 is 23.9 Å². The second-order valence-electron chi connectivity index (χ2n) is 6.41. The van der Waals surface area contributed by atoms with Gasteiger partial charge < -0.3 is 9.47 Å². The predicted octanol–water partition coefficient (Wildman–Crippen LogP) is 2.58. The summed E-state index contributed by atoms with van der Waals surface area (Å²) < 4.78 is 10.4. The van der Waals surface area contributed by atoms with E-state index in [4.69, 9.17) is 9.47 Å². The van der Waals surface area contributed by atoms with Gasteiger partial charge in [-0.25, -0.2) is 14.5 Å².